The van der Waals surface area contributed by atoms with E-state index in [0.29, 0.717) is 0 Å². The van der Waals surface area contributed by atoms with Crippen molar-refractivity contribution < 1.29 is 9.90 Å². The van der Waals surface area contributed by atoms with Crippen LogP contribution in [0.2, 0.25) is 0 Å². The molecule has 0 spiro atoms. The van der Waals surface area contributed by atoms with E-state index >= 15 is 0 Å². The molecule has 2 N–H and O–H groups in total. The van der Waals surface area contributed by atoms with Crippen molar-refractivity contribution >= 4 is 5.91 Å². The first-order chi connectivity index (χ1) is 8.65. The topological polar surface area (TPSA) is 52.6 Å². The van der Waals surface area contributed by atoms with Gasteiger partial charge in [0.2, 0.25) is 0 Å². The number of carbonyl (C=O) groups excluding carboxylic acids is 1. The SMILES string of the molecule is CC(CO)N(C)C(=O)c1cccc2c1CCNC2. The molecule has 4 nitrogen and oxygen atoms in total. The van der Waals surface area contributed by atoms with Gasteiger partial charge in [0.05, 0.1) is 12.6 Å². The highest BCUT2D eigenvalue weighted by Gasteiger charge is 2.22. The van der Waals surface area contributed by atoms with E-state index < -0.39 is 0 Å². The maximum atomic E-state index is 12.4. The molecule has 2 rings (SSSR count). The molecular formula is C14H20N2O2. The van der Waals surface area contributed by atoms with E-state index in [-0.39, 0.29) is 18.6 Å². The number of likely N-dealkylation sites (N-methyl/N-ethyl adjacent to an activating group) is 1. The van der Waals surface area contributed by atoms with E-state index in [9.17, 15) is 4.79 Å². The number of amides is 1. The largest absolute Gasteiger partial charge is 0.394 e. The fourth-order valence-electron chi connectivity index (χ4n) is 2.24. The van der Waals surface area contributed by atoms with Crippen molar-refractivity contribution in [2.24, 2.45) is 0 Å². The molecule has 0 bridgehead atoms. The van der Waals surface area contributed by atoms with Crippen LogP contribution < -0.4 is 5.32 Å². The standard InChI is InChI=1S/C14H20N2O2/c1-10(9-17)16(2)14(18)13-5-3-4-11-8-15-7-6-12(11)13/h3-5,10,15,17H,6-9H2,1-2H3. The number of carbonyl (C=O) groups is 1. The Morgan fingerprint density at radius 3 is 3.06 bits per heavy atom. The zero-order valence-electron chi connectivity index (χ0n) is 10.9. The maximum Gasteiger partial charge on any atom is 0.254 e. The van der Waals surface area contributed by atoms with Crippen molar-refractivity contribution in [1.82, 2.24) is 10.2 Å². The van der Waals surface area contributed by atoms with Crippen LogP contribution in [0.25, 0.3) is 0 Å². The zero-order chi connectivity index (χ0) is 13.1. The van der Waals surface area contributed by atoms with Gasteiger partial charge in [0, 0.05) is 19.2 Å². The van der Waals surface area contributed by atoms with E-state index in [1.54, 1.807) is 11.9 Å². The lowest BCUT2D eigenvalue weighted by Crippen LogP contribution is -2.38. The number of nitrogens with zero attached hydrogens (tertiary/aromatic N) is 1. The van der Waals surface area contributed by atoms with Crippen LogP contribution in [0, 0.1) is 0 Å². The molecule has 18 heavy (non-hydrogen) atoms. The molecule has 1 aliphatic heterocycles. The van der Waals surface area contributed by atoms with E-state index in [2.05, 4.69) is 11.4 Å². The summed E-state index contributed by atoms with van der Waals surface area (Å²) in [5.41, 5.74) is 3.13. The minimum atomic E-state index is -0.157. The minimum absolute atomic E-state index is 0.00435. The predicted octanol–water partition coefficient (Wildman–Crippen LogP) is 0.785. The van der Waals surface area contributed by atoms with Crippen LogP contribution >= 0.6 is 0 Å². The van der Waals surface area contributed by atoms with Gasteiger partial charge in [-0.3, -0.25) is 4.79 Å². The monoisotopic (exact) mass is 248 g/mol. The van der Waals surface area contributed by atoms with Crippen molar-refractivity contribution in [3.8, 4) is 0 Å². The lowest BCUT2D eigenvalue weighted by atomic mass is 9.94. The van der Waals surface area contributed by atoms with Crippen LogP contribution in [0.5, 0.6) is 0 Å². The molecule has 1 heterocycles. The van der Waals surface area contributed by atoms with E-state index in [1.807, 2.05) is 19.1 Å². The molecule has 1 aromatic carbocycles. The first-order valence-electron chi connectivity index (χ1n) is 6.34. The average molecular weight is 248 g/mol. The number of aliphatic hydroxyl groups excluding tert-OH is 1. The molecule has 0 saturated heterocycles. The Kier molecular flexibility index (Phi) is 3.99. The van der Waals surface area contributed by atoms with Crippen LogP contribution in [0.4, 0.5) is 0 Å². The molecule has 0 radical (unpaired) electrons. The number of rotatable bonds is 3. The number of benzene rings is 1. The van der Waals surface area contributed by atoms with Crippen molar-refractivity contribution in [2.45, 2.75) is 25.9 Å². The molecule has 0 aromatic heterocycles. The molecular weight excluding hydrogens is 228 g/mol. The van der Waals surface area contributed by atoms with Gasteiger partial charge in [-0.1, -0.05) is 12.1 Å². The highest BCUT2D eigenvalue weighted by molar-refractivity contribution is 5.96. The summed E-state index contributed by atoms with van der Waals surface area (Å²) in [4.78, 5) is 14.0. The van der Waals surface area contributed by atoms with Crippen molar-refractivity contribution in [1.29, 1.82) is 0 Å². The zero-order valence-corrected chi connectivity index (χ0v) is 10.9. The van der Waals surface area contributed by atoms with Crippen LogP contribution in [0.3, 0.4) is 0 Å². The summed E-state index contributed by atoms with van der Waals surface area (Å²) in [7, 11) is 1.74. The first-order valence-corrected chi connectivity index (χ1v) is 6.34. The quantitative estimate of drug-likeness (QED) is 0.831. The minimum Gasteiger partial charge on any atom is -0.394 e. The predicted molar refractivity (Wildman–Crippen MR) is 70.5 cm³/mol. The van der Waals surface area contributed by atoms with Crippen LogP contribution in [-0.2, 0) is 13.0 Å². The third-order valence-corrected chi connectivity index (χ3v) is 3.62. The van der Waals surface area contributed by atoms with Gasteiger partial charge in [-0.2, -0.15) is 0 Å². The Balaban J connectivity index is 2.30. The Morgan fingerprint density at radius 2 is 2.33 bits per heavy atom. The van der Waals surface area contributed by atoms with Gasteiger partial charge in [0.25, 0.3) is 5.91 Å². The second-order valence-electron chi connectivity index (χ2n) is 4.82. The second-order valence-corrected chi connectivity index (χ2v) is 4.82. The molecule has 0 aliphatic carbocycles. The third kappa shape index (κ3) is 2.40. The van der Waals surface area contributed by atoms with Gasteiger partial charge in [-0.15, -0.1) is 0 Å². The molecule has 1 aromatic rings. The highest BCUT2D eigenvalue weighted by atomic mass is 16.3. The number of fused-ring (bicyclic) bond motifs is 1. The maximum absolute atomic E-state index is 12.4. The van der Waals surface area contributed by atoms with Gasteiger partial charge in [-0.25, -0.2) is 0 Å². The van der Waals surface area contributed by atoms with E-state index in [0.717, 1.165) is 30.6 Å². The molecule has 1 aliphatic rings. The Labute approximate surface area is 108 Å². The van der Waals surface area contributed by atoms with E-state index in [4.69, 9.17) is 5.11 Å². The van der Waals surface area contributed by atoms with Gasteiger partial charge in [-0.05, 0) is 37.1 Å². The van der Waals surface area contributed by atoms with Crippen molar-refractivity contribution in [3.05, 3.63) is 34.9 Å². The highest BCUT2D eigenvalue weighted by Crippen LogP contribution is 2.20. The third-order valence-electron chi connectivity index (χ3n) is 3.62. The fourth-order valence-corrected chi connectivity index (χ4v) is 2.24. The summed E-state index contributed by atoms with van der Waals surface area (Å²) in [6.45, 7) is 3.57. The second kappa shape index (κ2) is 5.50. The Morgan fingerprint density at radius 1 is 1.56 bits per heavy atom. The lowest BCUT2D eigenvalue weighted by molar-refractivity contribution is 0.0681. The fraction of sp³-hybridized carbons (Fsp3) is 0.500. The number of aliphatic hydroxyl groups is 1. The number of hydrogen-bond acceptors (Lipinski definition) is 3. The smallest absolute Gasteiger partial charge is 0.254 e. The molecule has 1 amide bonds. The van der Waals surface area contributed by atoms with Crippen LogP contribution in [0.1, 0.15) is 28.4 Å². The van der Waals surface area contributed by atoms with Gasteiger partial charge in [0.1, 0.15) is 0 Å². The lowest BCUT2D eigenvalue weighted by Gasteiger charge is -2.26. The molecule has 0 fully saturated rings. The first kappa shape index (κ1) is 13.1. The molecule has 4 heteroatoms. The summed E-state index contributed by atoms with van der Waals surface area (Å²) in [6, 6.07) is 5.72. The van der Waals surface area contributed by atoms with Crippen molar-refractivity contribution in [3.63, 3.8) is 0 Å². The summed E-state index contributed by atoms with van der Waals surface area (Å²) in [5, 5.41) is 12.4. The van der Waals surface area contributed by atoms with Gasteiger partial charge < -0.3 is 15.3 Å². The molecule has 1 unspecified atom stereocenters. The van der Waals surface area contributed by atoms with Crippen LogP contribution in [0.15, 0.2) is 18.2 Å². The number of hydrogen-bond donors (Lipinski definition) is 2. The van der Waals surface area contributed by atoms with Gasteiger partial charge >= 0.3 is 0 Å². The summed E-state index contributed by atoms with van der Waals surface area (Å²) >= 11 is 0. The normalized spacial score (nSPS) is 15.9. The Hall–Kier alpha value is -1.39. The van der Waals surface area contributed by atoms with Crippen LogP contribution in [-0.4, -0.2) is 42.2 Å². The van der Waals surface area contributed by atoms with Gasteiger partial charge in [0.15, 0.2) is 0 Å². The summed E-state index contributed by atoms with van der Waals surface area (Å²) < 4.78 is 0. The summed E-state index contributed by atoms with van der Waals surface area (Å²) in [6.07, 6.45) is 0.887. The average Bonchev–Trinajstić information content (AvgIpc) is 2.44. The number of nitrogens with one attached hydrogen (secondary N) is 1. The molecule has 1 atom stereocenters. The summed E-state index contributed by atoms with van der Waals surface area (Å²) in [5.74, 6) is -0.00435. The van der Waals surface area contributed by atoms with E-state index in [1.165, 1.54) is 5.56 Å². The van der Waals surface area contributed by atoms with Crippen molar-refractivity contribution in [2.75, 3.05) is 20.2 Å². The molecule has 98 valence electrons. The Bertz CT molecular complexity index is 445. The molecule has 0 saturated carbocycles.